The zero-order valence-electron chi connectivity index (χ0n) is 12.5. The number of nitrogens with one attached hydrogen (secondary N) is 1. The highest BCUT2D eigenvalue weighted by Crippen LogP contribution is 2.25. The Morgan fingerprint density at radius 2 is 2.00 bits per heavy atom. The highest BCUT2D eigenvalue weighted by atomic mass is 32.1. The van der Waals surface area contributed by atoms with Gasteiger partial charge in [0.15, 0.2) is 0 Å². The minimum absolute atomic E-state index is 0.316. The Kier molecular flexibility index (Phi) is 4.32. The van der Waals surface area contributed by atoms with E-state index in [4.69, 9.17) is 0 Å². The normalized spacial score (nSPS) is 12.7. The molecule has 108 valence electrons. The number of aryl methyl sites for hydroxylation is 1. The van der Waals surface area contributed by atoms with Gasteiger partial charge in [-0.3, -0.25) is 4.98 Å². The molecule has 0 amide bonds. The summed E-state index contributed by atoms with van der Waals surface area (Å²) in [5, 5.41) is 5.68. The zero-order valence-corrected chi connectivity index (χ0v) is 13.3. The maximum Gasteiger partial charge on any atom is 0.0809 e. The first-order valence-electron chi connectivity index (χ1n) is 7.38. The summed E-state index contributed by atoms with van der Waals surface area (Å²) in [7, 11) is 0. The summed E-state index contributed by atoms with van der Waals surface area (Å²) in [4.78, 5) is 4.57. The van der Waals surface area contributed by atoms with Crippen LogP contribution in [0.2, 0.25) is 0 Å². The molecule has 0 saturated carbocycles. The Hall–Kier alpha value is -1.71. The number of rotatable bonds is 5. The molecular formula is C18H20N2S. The first-order valence-corrected chi connectivity index (χ1v) is 8.26. The summed E-state index contributed by atoms with van der Waals surface area (Å²) >= 11 is 1.75. The fourth-order valence-electron chi connectivity index (χ4n) is 2.57. The number of hydrogen-bond acceptors (Lipinski definition) is 3. The molecule has 1 atom stereocenters. The van der Waals surface area contributed by atoms with E-state index in [1.165, 1.54) is 21.4 Å². The van der Waals surface area contributed by atoms with Gasteiger partial charge in [0.1, 0.15) is 0 Å². The molecule has 0 aliphatic heterocycles. The predicted molar refractivity (Wildman–Crippen MR) is 90.9 cm³/mol. The molecule has 3 rings (SSSR count). The van der Waals surface area contributed by atoms with Crippen molar-refractivity contribution in [1.82, 2.24) is 10.3 Å². The van der Waals surface area contributed by atoms with Crippen molar-refractivity contribution in [1.29, 1.82) is 0 Å². The molecule has 3 heteroatoms. The van der Waals surface area contributed by atoms with E-state index in [9.17, 15) is 0 Å². The fourth-order valence-corrected chi connectivity index (χ4v) is 3.36. The van der Waals surface area contributed by atoms with Gasteiger partial charge in [0.2, 0.25) is 0 Å². The van der Waals surface area contributed by atoms with E-state index in [-0.39, 0.29) is 0 Å². The minimum Gasteiger partial charge on any atom is -0.310 e. The van der Waals surface area contributed by atoms with Crippen LogP contribution in [0, 0.1) is 6.92 Å². The molecule has 1 N–H and O–H groups in total. The maximum atomic E-state index is 4.57. The van der Waals surface area contributed by atoms with E-state index in [1.54, 1.807) is 11.3 Å². The summed E-state index contributed by atoms with van der Waals surface area (Å²) < 4.78 is 1.26. The van der Waals surface area contributed by atoms with Crippen LogP contribution in [-0.4, -0.2) is 11.5 Å². The standard InChI is InChI=1S/C18H20N2S/c1-3-19-17(10-14-6-4-13(2)5-7-14)15-11-18-16(20-12-15)8-9-21-18/h4-9,11-12,17,19H,3,10H2,1-2H3. The largest absolute Gasteiger partial charge is 0.310 e. The van der Waals surface area contributed by atoms with Crippen LogP contribution < -0.4 is 5.32 Å². The fraction of sp³-hybridized carbons (Fsp3) is 0.278. The molecule has 3 aromatic rings. The molecule has 0 aliphatic rings. The number of nitrogens with zero attached hydrogens (tertiary/aromatic N) is 1. The van der Waals surface area contributed by atoms with Crippen LogP contribution in [-0.2, 0) is 6.42 Å². The molecule has 2 nitrogen and oxygen atoms in total. The molecule has 1 unspecified atom stereocenters. The van der Waals surface area contributed by atoms with Gasteiger partial charge in [-0.25, -0.2) is 0 Å². The topological polar surface area (TPSA) is 24.9 Å². The van der Waals surface area contributed by atoms with Crippen molar-refractivity contribution in [2.24, 2.45) is 0 Å². The minimum atomic E-state index is 0.316. The molecular weight excluding hydrogens is 276 g/mol. The molecule has 2 heterocycles. The van der Waals surface area contributed by atoms with E-state index >= 15 is 0 Å². The molecule has 1 aromatic carbocycles. The number of benzene rings is 1. The molecule has 0 fully saturated rings. The number of aromatic nitrogens is 1. The molecule has 2 aromatic heterocycles. The zero-order chi connectivity index (χ0) is 14.7. The van der Waals surface area contributed by atoms with E-state index in [1.807, 2.05) is 6.20 Å². The van der Waals surface area contributed by atoms with Crippen molar-refractivity contribution in [3.8, 4) is 0 Å². The summed E-state index contributed by atoms with van der Waals surface area (Å²) in [6.45, 7) is 5.23. The van der Waals surface area contributed by atoms with Gasteiger partial charge in [-0.1, -0.05) is 36.8 Å². The third-order valence-electron chi connectivity index (χ3n) is 3.74. The van der Waals surface area contributed by atoms with Crippen molar-refractivity contribution in [2.45, 2.75) is 26.3 Å². The first kappa shape index (κ1) is 14.2. The Bertz CT molecular complexity index is 715. The molecule has 0 saturated heterocycles. The smallest absolute Gasteiger partial charge is 0.0809 e. The second-order valence-electron chi connectivity index (χ2n) is 5.37. The monoisotopic (exact) mass is 296 g/mol. The Labute approximate surface area is 129 Å². The van der Waals surface area contributed by atoms with Crippen molar-refractivity contribution in [3.63, 3.8) is 0 Å². The van der Waals surface area contributed by atoms with E-state index in [0.29, 0.717) is 6.04 Å². The second kappa shape index (κ2) is 6.37. The van der Waals surface area contributed by atoms with Crippen LogP contribution >= 0.6 is 11.3 Å². The summed E-state index contributed by atoms with van der Waals surface area (Å²) in [6.07, 6.45) is 3.00. The number of fused-ring (bicyclic) bond motifs is 1. The predicted octanol–water partition coefficient (Wildman–Crippen LogP) is 4.50. The molecule has 0 radical (unpaired) electrons. The lowest BCUT2D eigenvalue weighted by Gasteiger charge is -2.18. The van der Waals surface area contributed by atoms with Crippen LogP contribution in [0.5, 0.6) is 0 Å². The van der Waals surface area contributed by atoms with E-state index < -0.39 is 0 Å². The summed E-state index contributed by atoms with van der Waals surface area (Å²) in [5.41, 5.74) is 5.03. The van der Waals surface area contributed by atoms with Gasteiger partial charge in [0.25, 0.3) is 0 Å². The van der Waals surface area contributed by atoms with Crippen LogP contribution in [0.4, 0.5) is 0 Å². The van der Waals surface area contributed by atoms with Gasteiger partial charge in [-0.05, 0) is 48.5 Å². The van der Waals surface area contributed by atoms with Gasteiger partial charge in [-0.15, -0.1) is 11.3 Å². The first-order chi connectivity index (χ1) is 10.3. The maximum absolute atomic E-state index is 4.57. The summed E-state index contributed by atoms with van der Waals surface area (Å²) in [5.74, 6) is 0. The van der Waals surface area contributed by atoms with Gasteiger partial charge in [0.05, 0.1) is 10.2 Å². The average molecular weight is 296 g/mol. The molecule has 0 aliphatic carbocycles. The Morgan fingerprint density at radius 3 is 2.76 bits per heavy atom. The average Bonchev–Trinajstić information content (AvgIpc) is 2.96. The SMILES string of the molecule is CCNC(Cc1ccc(C)cc1)c1cnc2ccsc2c1. The van der Waals surface area contributed by atoms with E-state index in [2.05, 4.69) is 65.9 Å². The van der Waals surface area contributed by atoms with Gasteiger partial charge in [0, 0.05) is 12.2 Å². The third kappa shape index (κ3) is 3.31. The number of likely N-dealkylation sites (N-methyl/N-ethyl adjacent to an activating group) is 1. The quantitative estimate of drug-likeness (QED) is 0.750. The van der Waals surface area contributed by atoms with Crippen molar-refractivity contribution in [2.75, 3.05) is 6.54 Å². The lowest BCUT2D eigenvalue weighted by atomic mass is 9.99. The number of thiophene rings is 1. The lowest BCUT2D eigenvalue weighted by Crippen LogP contribution is -2.23. The highest BCUT2D eigenvalue weighted by Gasteiger charge is 2.12. The number of hydrogen-bond donors (Lipinski definition) is 1. The lowest BCUT2D eigenvalue weighted by molar-refractivity contribution is 0.549. The Balaban J connectivity index is 1.87. The van der Waals surface area contributed by atoms with Crippen molar-refractivity contribution in [3.05, 3.63) is 64.7 Å². The van der Waals surface area contributed by atoms with E-state index in [0.717, 1.165) is 18.5 Å². The van der Waals surface area contributed by atoms with Gasteiger partial charge in [-0.2, -0.15) is 0 Å². The van der Waals surface area contributed by atoms with Crippen molar-refractivity contribution < 1.29 is 0 Å². The van der Waals surface area contributed by atoms with Crippen molar-refractivity contribution >= 4 is 21.6 Å². The molecule has 21 heavy (non-hydrogen) atoms. The van der Waals surface area contributed by atoms with Crippen LogP contribution in [0.15, 0.2) is 48.0 Å². The second-order valence-corrected chi connectivity index (χ2v) is 6.32. The van der Waals surface area contributed by atoms with Crippen LogP contribution in [0.3, 0.4) is 0 Å². The third-order valence-corrected chi connectivity index (χ3v) is 4.59. The van der Waals surface area contributed by atoms with Gasteiger partial charge < -0.3 is 5.32 Å². The molecule has 0 spiro atoms. The number of pyridine rings is 1. The van der Waals surface area contributed by atoms with Crippen LogP contribution in [0.25, 0.3) is 10.2 Å². The molecule has 0 bridgehead atoms. The van der Waals surface area contributed by atoms with Gasteiger partial charge >= 0.3 is 0 Å². The highest BCUT2D eigenvalue weighted by molar-refractivity contribution is 7.17. The van der Waals surface area contributed by atoms with Crippen LogP contribution in [0.1, 0.15) is 29.7 Å². The summed E-state index contributed by atoms with van der Waals surface area (Å²) in [6, 6.07) is 13.5. The Morgan fingerprint density at radius 1 is 1.19 bits per heavy atom.